The largest absolute Gasteiger partial charge is 0.493 e. The number of hydrogen-bond donors (Lipinski definition) is 0. The maximum absolute atomic E-state index is 13.1. The third kappa shape index (κ3) is 4.66. The molecule has 6 nitrogen and oxygen atoms in total. The predicted octanol–water partition coefficient (Wildman–Crippen LogP) is 5.22. The summed E-state index contributed by atoms with van der Waals surface area (Å²) in [7, 11) is 0. The molecule has 33 heavy (non-hydrogen) atoms. The lowest BCUT2D eigenvalue weighted by Gasteiger charge is -2.31. The lowest BCUT2D eigenvalue weighted by Crippen LogP contribution is -2.42. The van der Waals surface area contributed by atoms with E-state index in [0.29, 0.717) is 26.3 Å². The van der Waals surface area contributed by atoms with Crippen molar-refractivity contribution in [2.75, 3.05) is 26.3 Å². The molecular weight excluding hydrogens is 418 g/mol. The average molecular weight is 454 g/mol. The number of aryl methyl sites for hydroxylation is 3. The molecule has 1 amide bonds. The van der Waals surface area contributed by atoms with Crippen LogP contribution in [0.25, 0.3) is 16.5 Å². The Morgan fingerprint density at radius 1 is 1.18 bits per heavy atom. The Labute approximate surface area is 195 Å². The molecule has 0 radical (unpaired) electrons. The number of benzene rings is 1. The van der Waals surface area contributed by atoms with Gasteiger partial charge in [-0.15, -0.1) is 0 Å². The summed E-state index contributed by atoms with van der Waals surface area (Å²) in [5.74, 6) is 1.35. The minimum atomic E-state index is -0.244. The second-order valence-electron chi connectivity index (χ2n) is 9.10. The van der Waals surface area contributed by atoms with Crippen LogP contribution in [-0.2, 0) is 27.2 Å². The number of esters is 1. The third-order valence-electron chi connectivity index (χ3n) is 6.83. The van der Waals surface area contributed by atoms with Gasteiger partial charge in [0.15, 0.2) is 0 Å². The van der Waals surface area contributed by atoms with Gasteiger partial charge < -0.3 is 18.8 Å². The fourth-order valence-electron chi connectivity index (χ4n) is 5.14. The van der Waals surface area contributed by atoms with Crippen LogP contribution in [0.15, 0.2) is 16.6 Å². The zero-order valence-electron chi connectivity index (χ0n) is 20.3. The molecule has 1 atom stereocenters. The molecule has 0 bridgehead atoms. The summed E-state index contributed by atoms with van der Waals surface area (Å²) in [6.07, 6.45) is 7.59. The summed E-state index contributed by atoms with van der Waals surface area (Å²) < 4.78 is 17.5. The van der Waals surface area contributed by atoms with E-state index in [1.807, 2.05) is 27.7 Å². The van der Waals surface area contributed by atoms with Crippen LogP contribution in [0.4, 0.5) is 0 Å². The second-order valence-corrected chi connectivity index (χ2v) is 9.10. The van der Waals surface area contributed by atoms with Crippen molar-refractivity contribution in [3.05, 3.63) is 34.6 Å². The maximum atomic E-state index is 13.1. The number of nitrogens with zero attached hydrogens (tertiary/aromatic N) is 1. The molecule has 1 fully saturated rings. The zero-order valence-corrected chi connectivity index (χ0v) is 20.3. The van der Waals surface area contributed by atoms with Crippen molar-refractivity contribution in [3.8, 4) is 5.75 Å². The summed E-state index contributed by atoms with van der Waals surface area (Å²) in [6, 6.07) is 2.14. The quantitative estimate of drug-likeness (QED) is 0.443. The van der Waals surface area contributed by atoms with E-state index in [1.54, 1.807) is 11.0 Å². The normalized spacial score (nSPS) is 18.8. The van der Waals surface area contributed by atoms with Gasteiger partial charge >= 0.3 is 5.97 Å². The highest BCUT2D eigenvalue weighted by Gasteiger charge is 2.29. The molecular formula is C27H35NO5. The van der Waals surface area contributed by atoms with Gasteiger partial charge in [-0.05, 0) is 71.4 Å². The predicted molar refractivity (Wildman–Crippen MR) is 128 cm³/mol. The van der Waals surface area contributed by atoms with Gasteiger partial charge in [0.1, 0.15) is 17.1 Å². The maximum Gasteiger partial charge on any atom is 0.310 e. The smallest absolute Gasteiger partial charge is 0.310 e. The van der Waals surface area contributed by atoms with Crippen molar-refractivity contribution >= 4 is 28.4 Å². The molecule has 1 aromatic heterocycles. The van der Waals surface area contributed by atoms with Gasteiger partial charge in [0.25, 0.3) is 0 Å². The Kier molecular flexibility index (Phi) is 7.11. The number of rotatable bonds is 6. The van der Waals surface area contributed by atoms with Crippen molar-refractivity contribution in [3.63, 3.8) is 0 Å². The van der Waals surface area contributed by atoms with Crippen molar-refractivity contribution < 1.29 is 23.5 Å². The number of furan rings is 1. The van der Waals surface area contributed by atoms with Gasteiger partial charge in [-0.25, -0.2) is 0 Å². The number of fused-ring (bicyclic) bond motifs is 3. The van der Waals surface area contributed by atoms with Crippen LogP contribution in [-0.4, -0.2) is 43.1 Å². The van der Waals surface area contributed by atoms with E-state index in [1.165, 1.54) is 12.0 Å². The zero-order chi connectivity index (χ0) is 23.5. The van der Waals surface area contributed by atoms with E-state index in [0.717, 1.165) is 71.3 Å². The minimum absolute atomic E-state index is 0.0732. The Bertz CT molecular complexity index is 1080. The van der Waals surface area contributed by atoms with E-state index < -0.39 is 0 Å². The second kappa shape index (κ2) is 10.0. The lowest BCUT2D eigenvalue weighted by molar-refractivity contribution is -0.150. The van der Waals surface area contributed by atoms with Crippen molar-refractivity contribution in [2.45, 2.75) is 66.2 Å². The van der Waals surface area contributed by atoms with Crippen molar-refractivity contribution in [1.82, 2.24) is 4.90 Å². The Morgan fingerprint density at radius 3 is 2.73 bits per heavy atom. The molecule has 2 heterocycles. The molecule has 1 aliphatic carbocycles. The SMILES string of the molecule is CCOC(=O)C1CCCN(C(=O)/C=C(\C)c2cc3c4c(oc3c(C)c2OCC)CCCC4)C1. The van der Waals surface area contributed by atoms with Gasteiger partial charge in [0.2, 0.25) is 5.91 Å². The van der Waals surface area contributed by atoms with Gasteiger partial charge in [-0.2, -0.15) is 0 Å². The van der Waals surface area contributed by atoms with Crippen LogP contribution in [0.1, 0.15) is 68.9 Å². The monoisotopic (exact) mass is 453 g/mol. The topological polar surface area (TPSA) is 69.0 Å². The average Bonchev–Trinajstić information content (AvgIpc) is 3.20. The van der Waals surface area contributed by atoms with E-state index in [-0.39, 0.29) is 17.8 Å². The first-order chi connectivity index (χ1) is 15.9. The van der Waals surface area contributed by atoms with Gasteiger partial charge in [-0.3, -0.25) is 9.59 Å². The van der Waals surface area contributed by atoms with E-state index in [9.17, 15) is 9.59 Å². The number of carbonyl (C=O) groups excluding carboxylic acids is 2. The first-order valence-electron chi connectivity index (χ1n) is 12.3. The van der Waals surface area contributed by atoms with Crippen LogP contribution in [0.3, 0.4) is 0 Å². The van der Waals surface area contributed by atoms with Gasteiger partial charge in [-0.1, -0.05) is 0 Å². The first kappa shape index (κ1) is 23.4. The number of amides is 1. The molecule has 2 aliphatic rings. The summed E-state index contributed by atoms with van der Waals surface area (Å²) >= 11 is 0. The molecule has 0 spiro atoms. The number of hydrogen-bond acceptors (Lipinski definition) is 5. The number of likely N-dealkylation sites (tertiary alicyclic amines) is 1. The van der Waals surface area contributed by atoms with Crippen LogP contribution < -0.4 is 4.74 Å². The van der Waals surface area contributed by atoms with Gasteiger partial charge in [0, 0.05) is 47.7 Å². The molecule has 0 saturated carbocycles. The Balaban J connectivity index is 1.66. The molecule has 4 rings (SSSR count). The summed E-state index contributed by atoms with van der Waals surface area (Å²) in [5, 5.41) is 1.14. The van der Waals surface area contributed by atoms with Gasteiger partial charge in [0.05, 0.1) is 19.1 Å². The fourth-order valence-corrected chi connectivity index (χ4v) is 5.14. The molecule has 1 aliphatic heterocycles. The third-order valence-corrected chi connectivity index (χ3v) is 6.83. The van der Waals surface area contributed by atoms with E-state index in [4.69, 9.17) is 13.9 Å². The fraction of sp³-hybridized carbons (Fsp3) is 0.556. The van der Waals surface area contributed by atoms with E-state index >= 15 is 0 Å². The molecule has 1 unspecified atom stereocenters. The minimum Gasteiger partial charge on any atom is -0.493 e. The Morgan fingerprint density at radius 2 is 1.97 bits per heavy atom. The molecule has 2 aromatic rings. The highest BCUT2D eigenvalue weighted by Crippen LogP contribution is 2.41. The number of piperidine rings is 1. The Hall–Kier alpha value is -2.76. The van der Waals surface area contributed by atoms with Crippen molar-refractivity contribution in [1.29, 1.82) is 0 Å². The van der Waals surface area contributed by atoms with E-state index in [2.05, 4.69) is 6.07 Å². The summed E-state index contributed by atoms with van der Waals surface area (Å²) in [4.78, 5) is 27.1. The molecule has 6 heteroatoms. The first-order valence-corrected chi connectivity index (χ1v) is 12.3. The summed E-state index contributed by atoms with van der Waals surface area (Å²) in [6.45, 7) is 9.74. The van der Waals surface area contributed by atoms with Crippen LogP contribution in [0, 0.1) is 12.8 Å². The van der Waals surface area contributed by atoms with Crippen LogP contribution in [0.2, 0.25) is 0 Å². The number of carbonyl (C=O) groups is 2. The highest BCUT2D eigenvalue weighted by atomic mass is 16.5. The number of allylic oxidation sites excluding steroid dienone is 1. The molecule has 1 aromatic carbocycles. The summed E-state index contributed by atoms with van der Waals surface area (Å²) in [5.41, 5.74) is 4.98. The highest BCUT2D eigenvalue weighted by molar-refractivity contribution is 5.98. The van der Waals surface area contributed by atoms with Crippen LogP contribution in [0.5, 0.6) is 5.75 Å². The molecule has 0 N–H and O–H groups in total. The number of ether oxygens (including phenoxy) is 2. The molecule has 178 valence electrons. The standard InChI is InChI=1S/C27H35NO5/c1-5-31-25-18(4)26-22(20-11-7-8-12-23(20)33-26)15-21(25)17(3)14-24(29)28-13-9-10-19(16-28)27(30)32-6-2/h14-15,19H,5-13,16H2,1-4H3/b17-14+. The lowest BCUT2D eigenvalue weighted by atomic mass is 9.92. The molecule has 1 saturated heterocycles. The van der Waals surface area contributed by atoms with Crippen LogP contribution >= 0.6 is 0 Å². The van der Waals surface area contributed by atoms with Crippen molar-refractivity contribution in [2.24, 2.45) is 5.92 Å².